The first-order valence-corrected chi connectivity index (χ1v) is 8.05. The van der Waals surface area contributed by atoms with Gasteiger partial charge in [0, 0.05) is 5.56 Å². The third-order valence-corrected chi connectivity index (χ3v) is 4.74. The molecule has 1 fully saturated rings. The van der Waals surface area contributed by atoms with Crippen molar-refractivity contribution in [3.05, 3.63) is 24.3 Å². The molecular formula is C18H24N2O5. The molecule has 0 atom stereocenters. The fourth-order valence-corrected chi connectivity index (χ4v) is 3.01. The number of carbonyl (C=O) groups is 2. The van der Waals surface area contributed by atoms with Gasteiger partial charge in [0.1, 0.15) is 5.41 Å². The molecule has 0 radical (unpaired) electrons. The highest BCUT2D eigenvalue weighted by molar-refractivity contribution is 6.12. The summed E-state index contributed by atoms with van der Waals surface area (Å²) in [4.78, 5) is 25.2. The lowest BCUT2D eigenvalue weighted by Gasteiger charge is -2.23. The molecule has 7 nitrogen and oxygen atoms in total. The fraction of sp³-hybridized carbons (Fsp3) is 0.444. The van der Waals surface area contributed by atoms with E-state index in [1.807, 2.05) is 13.8 Å². The zero-order valence-electron chi connectivity index (χ0n) is 15.3. The molecule has 1 aromatic rings. The van der Waals surface area contributed by atoms with E-state index in [0.29, 0.717) is 41.4 Å². The van der Waals surface area contributed by atoms with Gasteiger partial charge in [0.05, 0.1) is 27.0 Å². The van der Waals surface area contributed by atoms with Gasteiger partial charge in [-0.1, -0.05) is 20.4 Å². The highest BCUT2D eigenvalue weighted by Gasteiger charge is 2.52. The minimum Gasteiger partial charge on any atom is -0.493 e. The zero-order chi connectivity index (χ0) is 18.8. The van der Waals surface area contributed by atoms with E-state index < -0.39 is 5.41 Å². The summed E-state index contributed by atoms with van der Waals surface area (Å²) in [6, 6.07) is 3.36. The van der Waals surface area contributed by atoms with E-state index in [0.717, 1.165) is 0 Å². The van der Waals surface area contributed by atoms with Crippen molar-refractivity contribution in [2.45, 2.75) is 26.7 Å². The van der Waals surface area contributed by atoms with Crippen LogP contribution >= 0.6 is 0 Å². The molecule has 2 rings (SSSR count). The van der Waals surface area contributed by atoms with Crippen molar-refractivity contribution in [3.8, 4) is 17.2 Å². The molecule has 7 heteroatoms. The Kier molecular flexibility index (Phi) is 5.25. The van der Waals surface area contributed by atoms with Crippen molar-refractivity contribution < 1.29 is 23.8 Å². The number of benzene rings is 1. The first-order chi connectivity index (χ1) is 11.9. The predicted octanol–water partition coefficient (Wildman–Crippen LogP) is 2.36. The van der Waals surface area contributed by atoms with Gasteiger partial charge in [-0.25, -0.2) is 5.01 Å². The van der Waals surface area contributed by atoms with Gasteiger partial charge < -0.3 is 14.2 Å². The van der Waals surface area contributed by atoms with Crippen LogP contribution in [0.25, 0.3) is 5.70 Å². The molecule has 0 saturated carbocycles. The SMILES string of the molecule is C=C(c1cc(OC)c(OC)c(OC)c1)N1NC(=O)C(CC)(CC)C1=O. The van der Waals surface area contributed by atoms with E-state index in [2.05, 4.69) is 12.0 Å². The Morgan fingerprint density at radius 3 is 1.96 bits per heavy atom. The van der Waals surface area contributed by atoms with E-state index in [4.69, 9.17) is 14.2 Å². The van der Waals surface area contributed by atoms with Crippen molar-refractivity contribution in [3.63, 3.8) is 0 Å². The van der Waals surface area contributed by atoms with Crippen LogP contribution in [0, 0.1) is 5.41 Å². The van der Waals surface area contributed by atoms with Crippen LogP contribution in [0.4, 0.5) is 0 Å². The summed E-state index contributed by atoms with van der Waals surface area (Å²) in [5.41, 5.74) is 2.49. The Morgan fingerprint density at radius 1 is 1.08 bits per heavy atom. The Labute approximate surface area is 147 Å². The molecule has 136 valence electrons. The van der Waals surface area contributed by atoms with Gasteiger partial charge in [-0.3, -0.25) is 15.0 Å². The first kappa shape index (κ1) is 18.6. The minimum absolute atomic E-state index is 0.304. The lowest BCUT2D eigenvalue weighted by atomic mass is 9.81. The average molecular weight is 348 g/mol. The summed E-state index contributed by atoms with van der Waals surface area (Å²) in [6.45, 7) is 7.62. The van der Waals surface area contributed by atoms with Gasteiger partial charge in [0.15, 0.2) is 11.5 Å². The van der Waals surface area contributed by atoms with Crippen molar-refractivity contribution in [2.24, 2.45) is 5.41 Å². The van der Waals surface area contributed by atoms with Crippen LogP contribution in [0.15, 0.2) is 18.7 Å². The number of amides is 2. The maximum Gasteiger partial charge on any atom is 0.261 e. The minimum atomic E-state index is -1.05. The molecule has 0 aliphatic carbocycles. The second kappa shape index (κ2) is 7.04. The molecule has 1 aliphatic rings. The third kappa shape index (κ3) is 2.79. The fourth-order valence-electron chi connectivity index (χ4n) is 3.01. The molecule has 1 N–H and O–H groups in total. The number of hydrogen-bond donors (Lipinski definition) is 1. The first-order valence-electron chi connectivity index (χ1n) is 8.05. The van der Waals surface area contributed by atoms with Crippen LogP contribution in [0.1, 0.15) is 32.3 Å². The monoisotopic (exact) mass is 348 g/mol. The van der Waals surface area contributed by atoms with Crippen LogP contribution in [-0.4, -0.2) is 38.2 Å². The number of hydrogen-bond acceptors (Lipinski definition) is 5. The molecule has 0 spiro atoms. The van der Waals surface area contributed by atoms with E-state index in [-0.39, 0.29) is 11.8 Å². The molecular weight excluding hydrogens is 324 g/mol. The summed E-state index contributed by atoms with van der Waals surface area (Å²) in [6.07, 6.45) is 0.848. The third-order valence-electron chi connectivity index (χ3n) is 4.74. The average Bonchev–Trinajstić information content (AvgIpc) is 2.90. The van der Waals surface area contributed by atoms with Gasteiger partial charge in [0.2, 0.25) is 5.75 Å². The summed E-state index contributed by atoms with van der Waals surface area (Å²) in [7, 11) is 4.52. The summed E-state index contributed by atoms with van der Waals surface area (Å²) < 4.78 is 15.9. The number of methoxy groups -OCH3 is 3. The van der Waals surface area contributed by atoms with Crippen molar-refractivity contribution >= 4 is 17.5 Å². The molecule has 1 aliphatic heterocycles. The molecule has 1 aromatic carbocycles. The van der Waals surface area contributed by atoms with Crippen LogP contribution in [-0.2, 0) is 9.59 Å². The Balaban J connectivity index is 2.45. The van der Waals surface area contributed by atoms with E-state index in [9.17, 15) is 9.59 Å². The van der Waals surface area contributed by atoms with E-state index in [1.165, 1.54) is 26.3 Å². The molecule has 0 aromatic heterocycles. The molecule has 1 saturated heterocycles. The topological polar surface area (TPSA) is 77.1 Å². The Morgan fingerprint density at radius 2 is 1.60 bits per heavy atom. The highest BCUT2D eigenvalue weighted by atomic mass is 16.5. The zero-order valence-corrected chi connectivity index (χ0v) is 15.3. The largest absolute Gasteiger partial charge is 0.493 e. The van der Waals surface area contributed by atoms with Crippen LogP contribution < -0.4 is 19.6 Å². The smallest absolute Gasteiger partial charge is 0.261 e. The number of hydrazine groups is 1. The van der Waals surface area contributed by atoms with Crippen LogP contribution in [0.3, 0.4) is 0 Å². The molecule has 25 heavy (non-hydrogen) atoms. The van der Waals surface area contributed by atoms with Gasteiger partial charge in [0.25, 0.3) is 11.8 Å². The number of nitrogens with zero attached hydrogens (tertiary/aromatic N) is 1. The second-order valence-electron chi connectivity index (χ2n) is 5.73. The van der Waals surface area contributed by atoms with Gasteiger partial charge in [-0.2, -0.15) is 0 Å². The van der Waals surface area contributed by atoms with Crippen LogP contribution in [0.5, 0.6) is 17.2 Å². The standard InChI is InChI=1S/C18H24N2O5/c1-7-18(8-2)16(21)19-20(17(18)22)11(3)12-9-13(23-4)15(25-6)14(10-12)24-5/h9-10H,3,7-8H2,1-2,4-6H3,(H,19,21). The number of nitrogens with one attached hydrogen (secondary N) is 1. The molecule has 2 amide bonds. The molecule has 0 unspecified atom stereocenters. The normalized spacial score (nSPS) is 15.8. The van der Waals surface area contributed by atoms with Crippen molar-refractivity contribution in [2.75, 3.05) is 21.3 Å². The van der Waals surface area contributed by atoms with E-state index >= 15 is 0 Å². The van der Waals surface area contributed by atoms with Gasteiger partial charge in [-0.05, 0) is 25.0 Å². The maximum absolute atomic E-state index is 12.8. The van der Waals surface area contributed by atoms with Crippen molar-refractivity contribution in [1.82, 2.24) is 10.4 Å². The van der Waals surface area contributed by atoms with E-state index in [1.54, 1.807) is 12.1 Å². The summed E-state index contributed by atoms with van der Waals surface area (Å²) >= 11 is 0. The maximum atomic E-state index is 12.8. The Hall–Kier alpha value is -2.70. The highest BCUT2D eigenvalue weighted by Crippen LogP contribution is 2.42. The predicted molar refractivity (Wildman–Crippen MR) is 93.1 cm³/mol. The lowest BCUT2D eigenvalue weighted by molar-refractivity contribution is -0.138. The lowest BCUT2D eigenvalue weighted by Crippen LogP contribution is -2.35. The molecule has 1 heterocycles. The van der Waals surface area contributed by atoms with Crippen molar-refractivity contribution in [1.29, 1.82) is 0 Å². The quantitative estimate of drug-likeness (QED) is 0.766. The summed E-state index contributed by atoms with van der Waals surface area (Å²) in [5.74, 6) is 0.702. The van der Waals surface area contributed by atoms with Gasteiger partial charge in [-0.15, -0.1) is 0 Å². The number of rotatable bonds is 7. The van der Waals surface area contributed by atoms with Gasteiger partial charge >= 0.3 is 0 Å². The second-order valence-corrected chi connectivity index (χ2v) is 5.73. The number of ether oxygens (including phenoxy) is 3. The number of carbonyl (C=O) groups excluding carboxylic acids is 2. The van der Waals surface area contributed by atoms with Crippen LogP contribution in [0.2, 0.25) is 0 Å². The summed E-state index contributed by atoms with van der Waals surface area (Å²) in [5, 5.41) is 1.20. The Bertz CT molecular complexity index is 684. The molecule has 0 bridgehead atoms.